The normalized spacial score (nSPS) is 41.6. The van der Waals surface area contributed by atoms with E-state index < -0.39 is 0 Å². The Balaban J connectivity index is 2.22. The summed E-state index contributed by atoms with van der Waals surface area (Å²) in [6, 6.07) is 0. The summed E-state index contributed by atoms with van der Waals surface area (Å²) in [4.78, 5) is 0. The number of rotatable bonds is 1. The number of hydrogen-bond acceptors (Lipinski definition) is 0. The molecule has 0 aliphatic heterocycles. The molecule has 1 radical (unpaired) electrons. The molecule has 0 unspecified atom stereocenters. The van der Waals surface area contributed by atoms with Gasteiger partial charge in [-0.05, 0) is 36.2 Å². The van der Waals surface area contributed by atoms with Crippen LogP contribution in [0.3, 0.4) is 0 Å². The monoisotopic (exact) mass is 151 g/mol. The van der Waals surface area contributed by atoms with E-state index in [0.717, 1.165) is 12.0 Å². The Labute approximate surface area is 68.1 Å². The average Bonchev–Trinajstić information content (AvgIpc) is 2.57. The van der Waals surface area contributed by atoms with Crippen LogP contribution in [0.2, 0.25) is 0 Å². The molecular weight excluding hydrogens is 136 g/mol. The van der Waals surface area contributed by atoms with Crippen molar-refractivity contribution in [3.8, 4) is 0 Å². The summed E-state index contributed by atoms with van der Waals surface area (Å²) in [5.74, 6) is 1.78. The molecule has 0 amide bonds. The third-order valence-electron chi connectivity index (χ3n) is 3.72. The lowest BCUT2D eigenvalue weighted by Crippen LogP contribution is -2.09. The molecule has 0 N–H and O–H groups in total. The van der Waals surface area contributed by atoms with E-state index in [4.69, 9.17) is 0 Å². The number of fused-ring (bicyclic) bond motifs is 1. The summed E-state index contributed by atoms with van der Waals surface area (Å²) < 4.78 is 0. The lowest BCUT2D eigenvalue weighted by atomic mass is 9.89. The first-order valence-corrected chi connectivity index (χ1v) is 4.44. The zero-order valence-corrected chi connectivity index (χ0v) is 7.48. The number of hydrogen-bond donors (Lipinski definition) is 0. The van der Waals surface area contributed by atoms with Gasteiger partial charge in [0.2, 0.25) is 0 Å². The molecule has 0 aromatic carbocycles. The van der Waals surface area contributed by atoms with E-state index in [1.807, 2.05) is 6.92 Å². The third-order valence-corrected chi connectivity index (χ3v) is 3.72. The highest BCUT2D eigenvalue weighted by molar-refractivity contribution is 5.32. The van der Waals surface area contributed by atoms with Crippen molar-refractivity contribution >= 4 is 0 Å². The van der Waals surface area contributed by atoms with E-state index in [2.05, 4.69) is 13.8 Å². The zero-order chi connectivity index (χ0) is 8.22. The van der Waals surface area contributed by atoms with Gasteiger partial charge in [-0.1, -0.05) is 13.8 Å². The molecule has 11 heavy (non-hydrogen) atoms. The summed E-state index contributed by atoms with van der Waals surface area (Å²) in [5, 5.41) is 11.3. The van der Waals surface area contributed by atoms with Gasteiger partial charge in [-0.25, -0.2) is 0 Å². The quantitative estimate of drug-likeness (QED) is 0.549. The van der Waals surface area contributed by atoms with Crippen molar-refractivity contribution in [1.82, 2.24) is 0 Å². The van der Waals surface area contributed by atoms with Crippen LogP contribution < -0.4 is 0 Å². The van der Waals surface area contributed by atoms with E-state index in [9.17, 15) is 5.11 Å². The van der Waals surface area contributed by atoms with Gasteiger partial charge < -0.3 is 0 Å². The van der Waals surface area contributed by atoms with Crippen LogP contribution in [0, 0.1) is 17.3 Å². The van der Waals surface area contributed by atoms with Crippen LogP contribution in [0.15, 0.2) is 11.3 Å². The van der Waals surface area contributed by atoms with Crippen LogP contribution in [0.5, 0.6) is 0 Å². The Bertz CT molecular complexity index is 227. The van der Waals surface area contributed by atoms with Gasteiger partial charge in [0.05, 0.1) is 0 Å². The van der Waals surface area contributed by atoms with Crippen molar-refractivity contribution < 1.29 is 5.11 Å². The maximum atomic E-state index is 11.3. The standard InChI is InChI=1S/C10H15O/c1-6(2)10-4-8(10)7(3)9(11)5-10/h6,8H,4-5H2,1-3H3/t8-,10+/m1/s1. The first-order chi connectivity index (χ1) is 5.08. The molecule has 2 aliphatic rings. The van der Waals surface area contributed by atoms with Gasteiger partial charge in [0, 0.05) is 6.42 Å². The van der Waals surface area contributed by atoms with Crippen molar-refractivity contribution in [1.29, 1.82) is 0 Å². The van der Waals surface area contributed by atoms with Crippen molar-refractivity contribution in [2.45, 2.75) is 33.6 Å². The molecular formula is C10H15O. The van der Waals surface area contributed by atoms with E-state index in [0.29, 0.717) is 23.0 Å². The molecule has 1 nitrogen and oxygen atoms in total. The molecule has 0 aromatic rings. The zero-order valence-electron chi connectivity index (χ0n) is 7.48. The molecule has 2 rings (SSSR count). The van der Waals surface area contributed by atoms with Gasteiger partial charge in [0.15, 0.2) is 5.76 Å². The van der Waals surface area contributed by atoms with Crippen LogP contribution in [0.25, 0.3) is 0 Å². The van der Waals surface area contributed by atoms with E-state index in [1.165, 1.54) is 6.42 Å². The summed E-state index contributed by atoms with van der Waals surface area (Å²) in [5.41, 5.74) is 1.57. The molecule has 0 heterocycles. The Kier molecular flexibility index (Phi) is 1.19. The lowest BCUT2D eigenvalue weighted by molar-refractivity contribution is 0.242. The van der Waals surface area contributed by atoms with Crippen LogP contribution in [-0.2, 0) is 5.11 Å². The second kappa shape index (κ2) is 1.82. The summed E-state index contributed by atoms with van der Waals surface area (Å²) in [7, 11) is 0. The minimum absolute atomic E-state index is 0.418. The second-order valence-electron chi connectivity index (χ2n) is 4.43. The lowest BCUT2D eigenvalue weighted by Gasteiger charge is -2.15. The van der Waals surface area contributed by atoms with E-state index >= 15 is 0 Å². The minimum Gasteiger partial charge on any atom is -0.295 e. The summed E-state index contributed by atoms with van der Waals surface area (Å²) in [6.45, 7) is 6.50. The fourth-order valence-corrected chi connectivity index (χ4v) is 2.58. The molecule has 61 valence electrons. The SMILES string of the molecule is CC1=C([O])C[C@]2(C(C)C)C[C@H]12. The van der Waals surface area contributed by atoms with Gasteiger partial charge in [-0.3, -0.25) is 5.11 Å². The molecule has 0 spiro atoms. The Morgan fingerprint density at radius 3 is 2.45 bits per heavy atom. The van der Waals surface area contributed by atoms with Crippen LogP contribution in [0.4, 0.5) is 0 Å². The maximum absolute atomic E-state index is 11.3. The summed E-state index contributed by atoms with van der Waals surface area (Å²) in [6.07, 6.45) is 2.11. The molecule has 0 aromatic heterocycles. The van der Waals surface area contributed by atoms with Gasteiger partial charge >= 0.3 is 0 Å². The van der Waals surface area contributed by atoms with Crippen LogP contribution >= 0.6 is 0 Å². The largest absolute Gasteiger partial charge is 0.295 e. The fraction of sp³-hybridized carbons (Fsp3) is 0.800. The minimum atomic E-state index is 0.418. The molecule has 1 fully saturated rings. The highest BCUT2D eigenvalue weighted by Gasteiger charge is 2.61. The molecule has 2 atom stereocenters. The first kappa shape index (κ1) is 7.20. The van der Waals surface area contributed by atoms with Crippen LogP contribution in [-0.4, -0.2) is 0 Å². The van der Waals surface area contributed by atoms with Crippen LogP contribution in [0.1, 0.15) is 33.6 Å². The topological polar surface area (TPSA) is 19.9 Å². The molecule has 1 heteroatoms. The molecule has 0 bridgehead atoms. The average molecular weight is 151 g/mol. The maximum Gasteiger partial charge on any atom is 0.155 e. The molecule has 0 saturated heterocycles. The third kappa shape index (κ3) is 0.715. The predicted molar refractivity (Wildman–Crippen MR) is 43.4 cm³/mol. The summed E-state index contributed by atoms with van der Waals surface area (Å²) >= 11 is 0. The van der Waals surface area contributed by atoms with Crippen molar-refractivity contribution in [2.75, 3.05) is 0 Å². The smallest absolute Gasteiger partial charge is 0.155 e. The number of allylic oxidation sites excluding steroid dienone is 2. The Hall–Kier alpha value is -0.460. The highest BCUT2D eigenvalue weighted by atomic mass is 16.3. The molecule has 1 saturated carbocycles. The Morgan fingerprint density at radius 2 is 2.18 bits per heavy atom. The second-order valence-corrected chi connectivity index (χ2v) is 4.43. The Morgan fingerprint density at radius 1 is 1.55 bits per heavy atom. The van der Waals surface area contributed by atoms with Gasteiger partial charge in [0.1, 0.15) is 0 Å². The first-order valence-electron chi connectivity index (χ1n) is 4.44. The van der Waals surface area contributed by atoms with Gasteiger partial charge in [-0.15, -0.1) is 0 Å². The predicted octanol–water partition coefficient (Wildman–Crippen LogP) is 2.76. The molecule has 2 aliphatic carbocycles. The van der Waals surface area contributed by atoms with E-state index in [1.54, 1.807) is 0 Å². The van der Waals surface area contributed by atoms with Gasteiger partial charge in [0.25, 0.3) is 0 Å². The highest BCUT2D eigenvalue weighted by Crippen LogP contribution is 2.68. The van der Waals surface area contributed by atoms with Crippen molar-refractivity contribution in [3.63, 3.8) is 0 Å². The van der Waals surface area contributed by atoms with Crippen molar-refractivity contribution in [2.24, 2.45) is 17.3 Å². The van der Waals surface area contributed by atoms with Gasteiger partial charge in [-0.2, -0.15) is 0 Å². The van der Waals surface area contributed by atoms with Crippen molar-refractivity contribution in [3.05, 3.63) is 11.3 Å². The van der Waals surface area contributed by atoms with E-state index in [-0.39, 0.29) is 0 Å². The fourth-order valence-electron chi connectivity index (χ4n) is 2.58.